The summed E-state index contributed by atoms with van der Waals surface area (Å²) in [5, 5.41) is 19.7. The number of hydrogen-bond donors (Lipinski definition) is 4. The number of hydrogen-bond acceptors (Lipinski definition) is 4. The Hall–Kier alpha value is -1.63. The van der Waals surface area contributed by atoms with Crippen molar-refractivity contribution in [2.24, 2.45) is 11.7 Å². The third-order valence-corrected chi connectivity index (χ3v) is 2.66. The van der Waals surface area contributed by atoms with Gasteiger partial charge in [-0.05, 0) is 25.2 Å². The van der Waals surface area contributed by atoms with Gasteiger partial charge >= 0.3 is 11.9 Å². The van der Waals surface area contributed by atoms with Crippen molar-refractivity contribution in [1.82, 2.24) is 5.32 Å². The highest BCUT2D eigenvalue weighted by Gasteiger charge is 2.37. The fourth-order valence-corrected chi connectivity index (χ4v) is 1.48. The van der Waals surface area contributed by atoms with Crippen LogP contribution in [0.5, 0.6) is 0 Å². The second-order valence-electron chi connectivity index (χ2n) is 4.20. The molecule has 0 aliphatic heterocycles. The Balaban J connectivity index is 2.40. The van der Waals surface area contributed by atoms with Gasteiger partial charge in [-0.2, -0.15) is 0 Å². The fourth-order valence-electron chi connectivity index (χ4n) is 1.48. The quantitative estimate of drug-likeness (QED) is 0.462. The Labute approximate surface area is 98.0 Å². The molecule has 1 aliphatic carbocycles. The summed E-state index contributed by atoms with van der Waals surface area (Å²) in [4.78, 5) is 32.7. The lowest BCUT2D eigenvalue weighted by atomic mass is 10.1. The number of aliphatic carboxylic acids is 2. The van der Waals surface area contributed by atoms with Gasteiger partial charge in [0.05, 0.1) is 6.04 Å². The standard InChI is InChI=1S/C10H16N2O5/c11-6(3-4-7(13)14)9(15)12-8(10(16)17)5-1-2-5/h5-6,8H,1-4,11H2,(H,12,15)(H,13,14)(H,16,17). The predicted octanol–water partition coefficient (Wildman–Crippen LogP) is -0.842. The third-order valence-electron chi connectivity index (χ3n) is 2.66. The first-order valence-electron chi connectivity index (χ1n) is 5.42. The summed E-state index contributed by atoms with van der Waals surface area (Å²) >= 11 is 0. The average Bonchev–Trinajstić information content (AvgIpc) is 3.05. The van der Waals surface area contributed by atoms with E-state index in [1.807, 2.05) is 0 Å². The summed E-state index contributed by atoms with van der Waals surface area (Å²) in [6.07, 6.45) is 1.34. The summed E-state index contributed by atoms with van der Waals surface area (Å²) in [5.74, 6) is -2.75. The molecule has 0 aromatic carbocycles. The van der Waals surface area contributed by atoms with Gasteiger partial charge in [0.25, 0.3) is 0 Å². The van der Waals surface area contributed by atoms with Gasteiger partial charge < -0.3 is 21.3 Å². The first-order chi connectivity index (χ1) is 7.91. The highest BCUT2D eigenvalue weighted by atomic mass is 16.4. The molecule has 2 unspecified atom stereocenters. The topological polar surface area (TPSA) is 130 Å². The van der Waals surface area contributed by atoms with Crippen molar-refractivity contribution in [1.29, 1.82) is 0 Å². The van der Waals surface area contributed by atoms with Crippen LogP contribution in [0.4, 0.5) is 0 Å². The molecule has 1 amide bonds. The van der Waals surface area contributed by atoms with Crippen LogP contribution in [-0.2, 0) is 14.4 Å². The van der Waals surface area contributed by atoms with E-state index in [4.69, 9.17) is 15.9 Å². The van der Waals surface area contributed by atoms with Crippen LogP contribution in [0.15, 0.2) is 0 Å². The van der Waals surface area contributed by atoms with Gasteiger partial charge in [0.1, 0.15) is 6.04 Å². The molecule has 2 atom stereocenters. The molecule has 7 heteroatoms. The SMILES string of the molecule is NC(CCC(=O)O)C(=O)NC(C(=O)O)C1CC1. The smallest absolute Gasteiger partial charge is 0.326 e. The minimum Gasteiger partial charge on any atom is -0.481 e. The zero-order valence-corrected chi connectivity index (χ0v) is 9.26. The van der Waals surface area contributed by atoms with Crippen molar-refractivity contribution in [2.45, 2.75) is 37.8 Å². The molecule has 5 N–H and O–H groups in total. The molecule has 0 aromatic rings. The zero-order chi connectivity index (χ0) is 13.0. The van der Waals surface area contributed by atoms with E-state index in [1.54, 1.807) is 0 Å². The van der Waals surface area contributed by atoms with E-state index in [1.165, 1.54) is 0 Å². The molecule has 17 heavy (non-hydrogen) atoms. The summed E-state index contributed by atoms with van der Waals surface area (Å²) in [6.45, 7) is 0. The largest absolute Gasteiger partial charge is 0.481 e. The van der Waals surface area contributed by atoms with Gasteiger partial charge in [0.2, 0.25) is 5.91 Å². The lowest BCUT2D eigenvalue weighted by molar-refractivity contribution is -0.143. The van der Waals surface area contributed by atoms with Gasteiger partial charge in [-0.15, -0.1) is 0 Å². The van der Waals surface area contributed by atoms with Gasteiger partial charge in [-0.25, -0.2) is 4.79 Å². The highest BCUT2D eigenvalue weighted by Crippen LogP contribution is 2.32. The number of nitrogens with one attached hydrogen (secondary N) is 1. The Morgan fingerprint density at radius 2 is 1.88 bits per heavy atom. The van der Waals surface area contributed by atoms with Gasteiger partial charge in [0.15, 0.2) is 0 Å². The second-order valence-corrected chi connectivity index (χ2v) is 4.20. The number of nitrogens with two attached hydrogens (primary N) is 1. The molecule has 7 nitrogen and oxygen atoms in total. The molecular weight excluding hydrogens is 228 g/mol. The maximum atomic E-state index is 11.5. The molecule has 0 spiro atoms. The van der Waals surface area contributed by atoms with Crippen LogP contribution in [-0.4, -0.2) is 40.1 Å². The summed E-state index contributed by atoms with van der Waals surface area (Å²) < 4.78 is 0. The molecule has 0 radical (unpaired) electrons. The Kier molecular flexibility index (Phi) is 4.45. The van der Waals surface area contributed by atoms with Crippen molar-refractivity contribution >= 4 is 17.8 Å². The Morgan fingerprint density at radius 3 is 2.29 bits per heavy atom. The van der Waals surface area contributed by atoms with E-state index in [2.05, 4.69) is 5.32 Å². The number of carboxylic acids is 2. The van der Waals surface area contributed by atoms with Crippen LogP contribution < -0.4 is 11.1 Å². The number of carbonyl (C=O) groups excluding carboxylic acids is 1. The first-order valence-corrected chi connectivity index (χ1v) is 5.42. The molecule has 1 aliphatic rings. The molecule has 1 rings (SSSR count). The van der Waals surface area contributed by atoms with Crippen LogP contribution >= 0.6 is 0 Å². The molecule has 0 aromatic heterocycles. The van der Waals surface area contributed by atoms with Crippen molar-refractivity contribution in [3.63, 3.8) is 0 Å². The molecule has 1 fully saturated rings. The van der Waals surface area contributed by atoms with E-state index < -0.39 is 29.9 Å². The highest BCUT2D eigenvalue weighted by molar-refractivity contribution is 5.87. The van der Waals surface area contributed by atoms with Crippen molar-refractivity contribution < 1.29 is 24.6 Å². The average molecular weight is 244 g/mol. The lowest BCUT2D eigenvalue weighted by Crippen LogP contribution is -2.49. The fraction of sp³-hybridized carbons (Fsp3) is 0.700. The Bertz CT molecular complexity index is 327. The first kappa shape index (κ1) is 13.4. The molecule has 1 saturated carbocycles. The lowest BCUT2D eigenvalue weighted by Gasteiger charge is -2.16. The maximum Gasteiger partial charge on any atom is 0.326 e. The molecule has 96 valence electrons. The van der Waals surface area contributed by atoms with Crippen molar-refractivity contribution in [3.05, 3.63) is 0 Å². The van der Waals surface area contributed by atoms with Crippen LogP contribution in [0.1, 0.15) is 25.7 Å². The molecule has 0 heterocycles. The van der Waals surface area contributed by atoms with Crippen LogP contribution in [0.25, 0.3) is 0 Å². The zero-order valence-electron chi connectivity index (χ0n) is 9.26. The minimum absolute atomic E-state index is 0.00181. The minimum atomic E-state index is -1.08. The number of carboxylic acid groups (broad SMARTS) is 2. The van der Waals surface area contributed by atoms with E-state index in [0.29, 0.717) is 0 Å². The Morgan fingerprint density at radius 1 is 1.29 bits per heavy atom. The number of carbonyl (C=O) groups is 3. The monoisotopic (exact) mass is 244 g/mol. The maximum absolute atomic E-state index is 11.5. The van der Waals surface area contributed by atoms with Gasteiger partial charge in [-0.1, -0.05) is 0 Å². The molecular formula is C10H16N2O5. The van der Waals surface area contributed by atoms with E-state index in [0.717, 1.165) is 12.8 Å². The molecule has 0 saturated heterocycles. The van der Waals surface area contributed by atoms with E-state index in [-0.39, 0.29) is 18.8 Å². The van der Waals surface area contributed by atoms with E-state index >= 15 is 0 Å². The second kappa shape index (κ2) is 5.62. The summed E-state index contributed by atoms with van der Waals surface area (Å²) in [7, 11) is 0. The van der Waals surface area contributed by atoms with Crippen molar-refractivity contribution in [3.8, 4) is 0 Å². The van der Waals surface area contributed by atoms with Crippen LogP contribution in [0.3, 0.4) is 0 Å². The number of amides is 1. The predicted molar refractivity (Wildman–Crippen MR) is 57.1 cm³/mol. The van der Waals surface area contributed by atoms with Crippen LogP contribution in [0.2, 0.25) is 0 Å². The summed E-state index contributed by atoms with van der Waals surface area (Å²) in [5.41, 5.74) is 5.47. The molecule has 0 bridgehead atoms. The third kappa shape index (κ3) is 4.39. The van der Waals surface area contributed by atoms with E-state index in [9.17, 15) is 14.4 Å². The van der Waals surface area contributed by atoms with Gasteiger partial charge in [0, 0.05) is 6.42 Å². The summed E-state index contributed by atoms with van der Waals surface area (Å²) in [6, 6.07) is -1.88. The number of rotatable bonds is 7. The van der Waals surface area contributed by atoms with Crippen molar-refractivity contribution in [2.75, 3.05) is 0 Å². The van der Waals surface area contributed by atoms with Crippen LogP contribution in [0, 0.1) is 5.92 Å². The van der Waals surface area contributed by atoms with Gasteiger partial charge in [-0.3, -0.25) is 9.59 Å². The normalized spacial score (nSPS) is 18.2.